The van der Waals surface area contributed by atoms with Crippen LogP contribution in [-0.2, 0) is 59.2 Å². The van der Waals surface area contributed by atoms with Gasteiger partial charge in [0.15, 0.2) is 0 Å². The molecule has 2 aliphatic carbocycles. The molecule has 0 saturated heterocycles. The molecule has 10 nitrogen and oxygen atoms in total. The zero-order valence-electron chi connectivity index (χ0n) is 33.5. The van der Waals surface area contributed by atoms with E-state index in [1.807, 2.05) is 41.5 Å². The van der Waals surface area contributed by atoms with E-state index >= 15 is 0 Å². The van der Waals surface area contributed by atoms with Crippen LogP contribution in [-0.4, -0.2) is 66.9 Å². The fraction of sp³-hybridized carbons (Fsp3) is 1.00. The van der Waals surface area contributed by atoms with Crippen molar-refractivity contribution >= 4 is 18.1 Å². The first-order chi connectivity index (χ1) is 23.3. The molecule has 0 spiro atoms. The van der Waals surface area contributed by atoms with E-state index in [0.717, 1.165) is 89.9 Å². The normalized spacial score (nSPS) is 23.3. The SMILES string of the molecule is CCC(C)O[Si](OC(C)CC)(OC(C)CC)[O][Zr]([O]C1CCCCC1)([O]C1CCCCC1)[O][Si](OC(C)CC)(OC(C)CC)OC(C)CC. The molecule has 0 amide bonds. The molecule has 0 bridgehead atoms. The Hall–Kier alpha value is 0.917. The summed E-state index contributed by atoms with van der Waals surface area (Å²) in [4.78, 5) is 0. The van der Waals surface area contributed by atoms with Gasteiger partial charge in [0.25, 0.3) is 0 Å². The first-order valence-corrected chi connectivity index (χ1v) is 27.4. The molecule has 49 heavy (non-hydrogen) atoms. The van der Waals surface area contributed by atoms with E-state index < -0.39 is 40.1 Å². The van der Waals surface area contributed by atoms with Gasteiger partial charge in [0.05, 0.1) is 0 Å². The van der Waals surface area contributed by atoms with Crippen LogP contribution in [0.4, 0.5) is 0 Å². The second kappa shape index (κ2) is 23.6. The Kier molecular flexibility index (Phi) is 22.2. The molecule has 2 fully saturated rings. The minimum absolute atomic E-state index is 0.0990. The predicted octanol–water partition coefficient (Wildman–Crippen LogP) is 10.3. The number of hydrogen-bond acceptors (Lipinski definition) is 10. The molecule has 0 N–H and O–H groups in total. The van der Waals surface area contributed by atoms with Gasteiger partial charge in [-0.25, -0.2) is 0 Å². The first-order valence-electron chi connectivity index (χ1n) is 20.1. The van der Waals surface area contributed by atoms with Crippen LogP contribution >= 0.6 is 0 Å². The van der Waals surface area contributed by atoms with Crippen molar-refractivity contribution in [1.29, 1.82) is 0 Å². The van der Waals surface area contributed by atoms with Crippen molar-refractivity contribution in [2.45, 2.75) is 235 Å². The van der Waals surface area contributed by atoms with Crippen LogP contribution in [0.25, 0.3) is 0 Å². The van der Waals surface area contributed by atoms with E-state index in [1.54, 1.807) is 0 Å². The van der Waals surface area contributed by atoms with Crippen LogP contribution in [0, 0.1) is 0 Å². The van der Waals surface area contributed by atoms with Crippen LogP contribution in [0.2, 0.25) is 0 Å². The summed E-state index contributed by atoms with van der Waals surface area (Å²) >= 11 is -5.48. The summed E-state index contributed by atoms with van der Waals surface area (Å²) in [6.45, 7) is 24.8. The monoisotopic (exact) mass is 814 g/mol. The Morgan fingerprint density at radius 3 is 0.837 bits per heavy atom. The predicted molar refractivity (Wildman–Crippen MR) is 195 cm³/mol. The van der Waals surface area contributed by atoms with Gasteiger partial charge in [-0.3, -0.25) is 0 Å². The molecule has 292 valence electrons. The van der Waals surface area contributed by atoms with Crippen LogP contribution in [0.5, 0.6) is 0 Å². The number of hydrogen-bond donors (Lipinski definition) is 0. The van der Waals surface area contributed by atoms with Crippen LogP contribution in [0.15, 0.2) is 0 Å². The molecule has 0 aromatic heterocycles. The molecular formula is C36H76O10Si2Zr. The Morgan fingerprint density at radius 2 is 0.633 bits per heavy atom. The maximum absolute atomic E-state index is 7.46. The van der Waals surface area contributed by atoms with Gasteiger partial charge in [0, 0.05) is 0 Å². The van der Waals surface area contributed by atoms with E-state index in [2.05, 4.69) is 41.5 Å². The van der Waals surface area contributed by atoms with Gasteiger partial charge in [-0.1, -0.05) is 0 Å². The van der Waals surface area contributed by atoms with Gasteiger partial charge >= 0.3 is 312 Å². The fourth-order valence-electron chi connectivity index (χ4n) is 5.51. The standard InChI is InChI=1S/2C12H27O4Si.2C6H11O.Zr/c2*1-7-10(4)14-17(13,15-11(5)8-2)16-12(6)9-3;2*7-6-4-2-1-3-5-6;/h2*10-12H,7-9H2,1-6H3;2*6H,1-5H2;/q4*-1;+4. The van der Waals surface area contributed by atoms with Crippen molar-refractivity contribution < 1.29 is 59.2 Å². The maximum atomic E-state index is 7.46. The third kappa shape index (κ3) is 16.4. The zero-order chi connectivity index (χ0) is 36.5. The first kappa shape index (κ1) is 46.1. The molecule has 6 unspecified atom stereocenters. The van der Waals surface area contributed by atoms with Gasteiger partial charge in [-0.2, -0.15) is 0 Å². The van der Waals surface area contributed by atoms with Crippen molar-refractivity contribution in [3.05, 3.63) is 0 Å². The second-order valence-electron chi connectivity index (χ2n) is 14.5. The molecule has 2 aliphatic rings. The summed E-state index contributed by atoms with van der Waals surface area (Å²) in [6.07, 6.45) is 13.4. The van der Waals surface area contributed by atoms with Crippen molar-refractivity contribution in [1.82, 2.24) is 0 Å². The number of rotatable bonds is 26. The van der Waals surface area contributed by atoms with Gasteiger partial charge in [-0.05, 0) is 0 Å². The molecule has 0 aromatic rings. The van der Waals surface area contributed by atoms with E-state index in [-0.39, 0.29) is 48.8 Å². The molecule has 2 rings (SSSR count). The molecule has 6 atom stereocenters. The molecule has 13 heteroatoms. The summed E-state index contributed by atoms with van der Waals surface area (Å²) in [6, 6.07) is 0. The van der Waals surface area contributed by atoms with E-state index in [1.165, 1.54) is 12.8 Å². The van der Waals surface area contributed by atoms with Crippen LogP contribution < -0.4 is 0 Å². The molecule has 0 radical (unpaired) electrons. The van der Waals surface area contributed by atoms with E-state index in [9.17, 15) is 0 Å². The molecule has 0 heterocycles. The topological polar surface area (TPSA) is 92.3 Å². The average Bonchev–Trinajstić information content (AvgIpc) is 3.08. The molecule has 2 saturated carbocycles. The Bertz CT molecular complexity index is 733. The minimum atomic E-state index is -5.48. The molecule has 0 aliphatic heterocycles. The Morgan fingerprint density at radius 1 is 0.408 bits per heavy atom. The van der Waals surface area contributed by atoms with Gasteiger partial charge in [0.2, 0.25) is 0 Å². The average molecular weight is 816 g/mol. The van der Waals surface area contributed by atoms with Gasteiger partial charge in [0.1, 0.15) is 0 Å². The third-order valence-corrected chi connectivity index (χ3v) is 25.3. The summed E-state index contributed by atoms with van der Waals surface area (Å²) in [5.41, 5.74) is 0. The van der Waals surface area contributed by atoms with Crippen LogP contribution in [0.3, 0.4) is 0 Å². The van der Waals surface area contributed by atoms with E-state index in [0.29, 0.717) is 0 Å². The van der Waals surface area contributed by atoms with Gasteiger partial charge in [-0.15, -0.1) is 0 Å². The Labute approximate surface area is 310 Å². The fourth-order valence-corrected chi connectivity index (χ4v) is 23.4. The summed E-state index contributed by atoms with van der Waals surface area (Å²) < 4.78 is 70.7. The van der Waals surface area contributed by atoms with Crippen molar-refractivity contribution in [2.24, 2.45) is 0 Å². The zero-order valence-corrected chi connectivity index (χ0v) is 38.0. The van der Waals surface area contributed by atoms with Crippen molar-refractivity contribution in [2.75, 3.05) is 0 Å². The van der Waals surface area contributed by atoms with Gasteiger partial charge < -0.3 is 0 Å². The molecule has 0 aromatic carbocycles. The van der Waals surface area contributed by atoms with Crippen LogP contribution in [0.1, 0.15) is 186 Å². The van der Waals surface area contributed by atoms with Crippen molar-refractivity contribution in [3.8, 4) is 0 Å². The van der Waals surface area contributed by atoms with E-state index in [4.69, 9.17) is 37.2 Å². The second-order valence-corrected chi connectivity index (χ2v) is 24.9. The summed E-state index contributed by atoms with van der Waals surface area (Å²) in [5.74, 6) is 0. The quantitative estimate of drug-likeness (QED) is 0.0786. The summed E-state index contributed by atoms with van der Waals surface area (Å²) in [7, 11) is -8.05. The Balaban J connectivity index is 2.93. The summed E-state index contributed by atoms with van der Waals surface area (Å²) in [5, 5.41) is 0. The molecular weight excluding hydrogens is 740 g/mol. The van der Waals surface area contributed by atoms with Crippen molar-refractivity contribution in [3.63, 3.8) is 0 Å². The third-order valence-electron chi connectivity index (χ3n) is 9.75.